The minimum absolute atomic E-state index is 0.00658. The molecule has 0 bridgehead atoms. The van der Waals surface area contributed by atoms with Crippen LogP contribution in [0.5, 0.6) is 0 Å². The van der Waals surface area contributed by atoms with E-state index in [1.807, 2.05) is 50.4 Å². The van der Waals surface area contributed by atoms with Crippen molar-refractivity contribution < 1.29 is 4.79 Å². The van der Waals surface area contributed by atoms with Gasteiger partial charge in [-0.3, -0.25) is 9.78 Å². The van der Waals surface area contributed by atoms with Crippen molar-refractivity contribution >= 4 is 17.3 Å². The van der Waals surface area contributed by atoms with Crippen molar-refractivity contribution in [1.82, 2.24) is 4.98 Å². The first kappa shape index (κ1) is 17.5. The molecule has 1 aromatic carbocycles. The molecule has 0 radical (unpaired) electrons. The van der Waals surface area contributed by atoms with Gasteiger partial charge in [0.25, 0.3) is 5.91 Å². The lowest BCUT2D eigenvalue weighted by Crippen LogP contribution is -2.31. The second-order valence-corrected chi connectivity index (χ2v) is 6.83. The number of anilines is 2. The molecule has 25 heavy (non-hydrogen) atoms. The number of nitrogens with zero attached hydrogens (tertiary/aromatic N) is 2. The molecular weight excluding hydrogens is 310 g/mol. The van der Waals surface area contributed by atoms with Crippen LogP contribution in [0.3, 0.4) is 0 Å². The number of hydrogen-bond donors (Lipinski definition) is 1. The Bertz CT molecular complexity index is 723. The Morgan fingerprint density at radius 2 is 2.00 bits per heavy atom. The number of nitrogens with one attached hydrogen (secondary N) is 1. The fourth-order valence-corrected chi connectivity index (χ4v) is 3.51. The first-order valence-corrected chi connectivity index (χ1v) is 9.27. The fraction of sp³-hybridized carbons (Fsp3) is 0.429. The molecule has 1 fully saturated rings. The summed E-state index contributed by atoms with van der Waals surface area (Å²) in [5, 5.41) is 3.55. The summed E-state index contributed by atoms with van der Waals surface area (Å²) in [7, 11) is 0. The van der Waals surface area contributed by atoms with Crippen LogP contribution in [0, 0.1) is 6.92 Å². The van der Waals surface area contributed by atoms with E-state index in [1.54, 1.807) is 11.1 Å². The molecule has 132 valence electrons. The lowest BCUT2D eigenvalue weighted by molar-refractivity contribution is 0.0988. The summed E-state index contributed by atoms with van der Waals surface area (Å²) in [5.74, 6) is -0.00658. The summed E-state index contributed by atoms with van der Waals surface area (Å²) < 4.78 is 0. The molecule has 3 rings (SSSR count). The number of carbonyl (C=O) groups is 1. The standard InChI is InChI=1S/C21H27N3O/c1-3-24(20-11-7-8-16(2)12-20)21(25)17-13-19(15-22-14-17)23-18-9-5-4-6-10-18/h7-8,11-15,18,23H,3-6,9-10H2,1-2H3. The lowest BCUT2D eigenvalue weighted by Gasteiger charge is -2.24. The first-order chi connectivity index (χ1) is 12.2. The minimum Gasteiger partial charge on any atom is -0.381 e. The molecule has 0 spiro atoms. The van der Waals surface area contributed by atoms with Crippen LogP contribution in [0.25, 0.3) is 0 Å². The van der Waals surface area contributed by atoms with E-state index in [2.05, 4.69) is 10.3 Å². The average molecular weight is 337 g/mol. The van der Waals surface area contributed by atoms with Gasteiger partial charge in [0.2, 0.25) is 0 Å². The SMILES string of the molecule is CCN(C(=O)c1cncc(NC2CCCCC2)c1)c1cccc(C)c1. The molecule has 1 heterocycles. The minimum atomic E-state index is -0.00658. The molecule has 1 saturated carbocycles. The van der Waals surface area contributed by atoms with E-state index in [1.165, 1.54) is 32.1 Å². The van der Waals surface area contributed by atoms with Crippen LogP contribution in [0.15, 0.2) is 42.7 Å². The highest BCUT2D eigenvalue weighted by Gasteiger charge is 2.18. The summed E-state index contributed by atoms with van der Waals surface area (Å²) in [6.07, 6.45) is 9.75. The van der Waals surface area contributed by atoms with Gasteiger partial charge in [-0.1, -0.05) is 31.4 Å². The van der Waals surface area contributed by atoms with Crippen molar-refractivity contribution in [1.29, 1.82) is 0 Å². The van der Waals surface area contributed by atoms with E-state index in [9.17, 15) is 4.79 Å². The van der Waals surface area contributed by atoms with E-state index < -0.39 is 0 Å². The van der Waals surface area contributed by atoms with Crippen LogP contribution >= 0.6 is 0 Å². The van der Waals surface area contributed by atoms with Crippen LogP contribution in [-0.4, -0.2) is 23.5 Å². The highest BCUT2D eigenvalue weighted by Crippen LogP contribution is 2.23. The van der Waals surface area contributed by atoms with E-state index in [0.29, 0.717) is 18.2 Å². The molecule has 4 nitrogen and oxygen atoms in total. The van der Waals surface area contributed by atoms with Crippen LogP contribution in [0.4, 0.5) is 11.4 Å². The van der Waals surface area contributed by atoms with Crippen molar-refractivity contribution in [2.45, 2.75) is 52.0 Å². The van der Waals surface area contributed by atoms with Gasteiger partial charge < -0.3 is 10.2 Å². The smallest absolute Gasteiger partial charge is 0.259 e. The number of benzene rings is 1. The number of aromatic nitrogens is 1. The summed E-state index contributed by atoms with van der Waals surface area (Å²) in [4.78, 5) is 19.1. The summed E-state index contributed by atoms with van der Waals surface area (Å²) in [6.45, 7) is 4.67. The predicted molar refractivity (Wildman–Crippen MR) is 103 cm³/mol. The Kier molecular flexibility index (Phi) is 5.69. The van der Waals surface area contributed by atoms with Gasteiger partial charge in [0.15, 0.2) is 0 Å². The maximum Gasteiger partial charge on any atom is 0.259 e. The van der Waals surface area contributed by atoms with E-state index in [4.69, 9.17) is 0 Å². The van der Waals surface area contributed by atoms with Gasteiger partial charge in [-0.05, 0) is 50.5 Å². The second kappa shape index (κ2) is 8.15. The molecule has 0 atom stereocenters. The van der Waals surface area contributed by atoms with E-state index in [-0.39, 0.29) is 5.91 Å². The number of amides is 1. The van der Waals surface area contributed by atoms with Gasteiger partial charge in [0.1, 0.15) is 0 Å². The maximum atomic E-state index is 13.0. The molecule has 1 aromatic heterocycles. The fourth-order valence-electron chi connectivity index (χ4n) is 3.51. The molecule has 1 aliphatic carbocycles. The van der Waals surface area contributed by atoms with E-state index >= 15 is 0 Å². The highest BCUT2D eigenvalue weighted by atomic mass is 16.2. The highest BCUT2D eigenvalue weighted by molar-refractivity contribution is 6.06. The first-order valence-electron chi connectivity index (χ1n) is 9.27. The molecule has 1 amide bonds. The third-order valence-electron chi connectivity index (χ3n) is 4.84. The number of carbonyl (C=O) groups excluding carboxylic acids is 1. The monoisotopic (exact) mass is 337 g/mol. The van der Waals surface area contributed by atoms with Crippen molar-refractivity contribution in [3.8, 4) is 0 Å². The molecule has 1 aliphatic rings. The third-order valence-corrected chi connectivity index (χ3v) is 4.84. The van der Waals surface area contributed by atoms with Crippen LogP contribution in [-0.2, 0) is 0 Å². The van der Waals surface area contributed by atoms with Crippen molar-refractivity contribution in [2.24, 2.45) is 0 Å². The van der Waals surface area contributed by atoms with Gasteiger partial charge in [-0.2, -0.15) is 0 Å². The third kappa shape index (κ3) is 4.38. The number of pyridine rings is 1. The van der Waals surface area contributed by atoms with Crippen molar-refractivity contribution in [3.05, 3.63) is 53.9 Å². The number of aryl methyl sites for hydroxylation is 1. The molecule has 1 N–H and O–H groups in total. The van der Waals surface area contributed by atoms with Gasteiger partial charge in [0.05, 0.1) is 11.3 Å². The molecular formula is C21H27N3O. The Hall–Kier alpha value is -2.36. The Morgan fingerprint density at radius 3 is 2.72 bits per heavy atom. The normalized spacial score (nSPS) is 15.0. The number of hydrogen-bond acceptors (Lipinski definition) is 3. The Labute approximate surface area is 150 Å². The van der Waals surface area contributed by atoms with E-state index in [0.717, 1.165) is 16.9 Å². The second-order valence-electron chi connectivity index (χ2n) is 6.83. The van der Waals surface area contributed by atoms with Gasteiger partial charge in [-0.15, -0.1) is 0 Å². The van der Waals surface area contributed by atoms with Gasteiger partial charge in [-0.25, -0.2) is 0 Å². The maximum absolute atomic E-state index is 13.0. The molecule has 2 aromatic rings. The summed E-state index contributed by atoms with van der Waals surface area (Å²) >= 11 is 0. The zero-order valence-corrected chi connectivity index (χ0v) is 15.2. The topological polar surface area (TPSA) is 45.2 Å². The summed E-state index contributed by atoms with van der Waals surface area (Å²) in [5.41, 5.74) is 3.65. The largest absolute Gasteiger partial charge is 0.381 e. The molecule has 0 unspecified atom stereocenters. The lowest BCUT2D eigenvalue weighted by atomic mass is 9.95. The van der Waals surface area contributed by atoms with Crippen LogP contribution in [0.2, 0.25) is 0 Å². The quantitative estimate of drug-likeness (QED) is 0.852. The zero-order chi connectivity index (χ0) is 17.6. The summed E-state index contributed by atoms with van der Waals surface area (Å²) in [6, 6.07) is 10.5. The van der Waals surface area contributed by atoms with Crippen LogP contribution < -0.4 is 10.2 Å². The predicted octanol–water partition coefficient (Wildman–Crippen LogP) is 4.80. The van der Waals surface area contributed by atoms with Crippen LogP contribution in [0.1, 0.15) is 54.9 Å². The van der Waals surface area contributed by atoms with Gasteiger partial charge >= 0.3 is 0 Å². The molecule has 0 aliphatic heterocycles. The molecule has 0 saturated heterocycles. The van der Waals surface area contributed by atoms with Crippen molar-refractivity contribution in [2.75, 3.05) is 16.8 Å². The average Bonchev–Trinajstić information content (AvgIpc) is 2.63. The van der Waals surface area contributed by atoms with Gasteiger partial charge in [0, 0.05) is 30.7 Å². The molecule has 4 heteroatoms. The zero-order valence-electron chi connectivity index (χ0n) is 15.2. The Morgan fingerprint density at radius 1 is 1.20 bits per heavy atom. The number of rotatable bonds is 5. The Balaban J connectivity index is 1.77. The van der Waals surface area contributed by atoms with Crippen molar-refractivity contribution in [3.63, 3.8) is 0 Å².